The predicted molar refractivity (Wildman–Crippen MR) is 155 cm³/mol. The Labute approximate surface area is 235 Å². The second kappa shape index (κ2) is 12.0. The lowest BCUT2D eigenvalue weighted by Crippen LogP contribution is -2.48. The zero-order chi connectivity index (χ0) is 29.2. The van der Waals surface area contributed by atoms with E-state index in [2.05, 4.69) is 5.32 Å². The predicted octanol–water partition coefficient (Wildman–Crippen LogP) is 2.40. The summed E-state index contributed by atoms with van der Waals surface area (Å²) in [6, 6.07) is 12.6. The van der Waals surface area contributed by atoms with E-state index in [0.717, 1.165) is 22.7 Å². The Bertz CT molecular complexity index is 1500. The summed E-state index contributed by atoms with van der Waals surface area (Å²) in [5, 5.41) is 13.8. The van der Waals surface area contributed by atoms with Crippen molar-refractivity contribution in [1.29, 1.82) is 0 Å². The third-order valence-electron chi connectivity index (χ3n) is 7.53. The van der Waals surface area contributed by atoms with E-state index in [0.29, 0.717) is 23.5 Å². The second-order valence-electron chi connectivity index (χ2n) is 10.8. The summed E-state index contributed by atoms with van der Waals surface area (Å²) in [6.45, 7) is 3.86. The summed E-state index contributed by atoms with van der Waals surface area (Å²) in [5.41, 5.74) is 3.06. The molecule has 11 heteroatoms. The lowest BCUT2D eigenvalue weighted by molar-refractivity contribution is -0.134. The van der Waals surface area contributed by atoms with Crippen molar-refractivity contribution >= 4 is 38.4 Å². The van der Waals surface area contributed by atoms with Crippen LogP contribution in [0.5, 0.6) is 5.75 Å². The summed E-state index contributed by atoms with van der Waals surface area (Å²) >= 11 is 0. The molecule has 2 aromatic carbocycles. The normalized spacial score (nSPS) is 19.0. The van der Waals surface area contributed by atoms with Gasteiger partial charge in [0.05, 0.1) is 38.3 Å². The fraction of sp³-hybridized carbons (Fsp3) is 0.448. The van der Waals surface area contributed by atoms with Gasteiger partial charge in [-0.1, -0.05) is 25.1 Å². The molecule has 2 heterocycles. The maximum Gasteiger partial charge on any atom is 0.228 e. The molecule has 3 atom stereocenters. The topological polar surface area (TPSA) is 121 Å². The highest BCUT2D eigenvalue weighted by atomic mass is 32.2. The summed E-state index contributed by atoms with van der Waals surface area (Å²) in [7, 11) is -0.0146. The van der Waals surface area contributed by atoms with Crippen molar-refractivity contribution in [1.82, 2.24) is 13.8 Å². The van der Waals surface area contributed by atoms with Crippen molar-refractivity contribution in [2.24, 2.45) is 13.0 Å². The number of ether oxygens (including phenoxy) is 1. The number of nitrogens with one attached hydrogen (secondary N) is 1. The number of para-hydroxylation sites is 1. The van der Waals surface area contributed by atoms with Gasteiger partial charge in [0.2, 0.25) is 21.8 Å². The molecular formula is C29H38N4O6S. The van der Waals surface area contributed by atoms with Gasteiger partial charge < -0.3 is 24.6 Å². The molecule has 0 bridgehead atoms. The molecule has 0 spiro atoms. The SMILES string of the molecule is C[C@@H]1CN([C@@H](C)CO)C(=O)Cc2cc(NC(=O)Cc3cn(C)c4ccccc34)ccc2O[C@@H]1CN(C)S(C)(=O)=O. The fourth-order valence-corrected chi connectivity index (χ4v) is 5.48. The zero-order valence-electron chi connectivity index (χ0n) is 23.6. The van der Waals surface area contributed by atoms with Crippen LogP contribution in [0.15, 0.2) is 48.7 Å². The monoisotopic (exact) mass is 570 g/mol. The van der Waals surface area contributed by atoms with Crippen LogP contribution in [-0.2, 0) is 39.5 Å². The molecule has 0 unspecified atom stereocenters. The summed E-state index contributed by atoms with van der Waals surface area (Å²) < 4.78 is 33.8. The number of aliphatic hydroxyl groups excluding tert-OH is 1. The number of carbonyl (C=O) groups excluding carboxylic acids is 2. The molecule has 0 aliphatic carbocycles. The molecule has 216 valence electrons. The van der Waals surface area contributed by atoms with E-state index in [-0.39, 0.29) is 43.7 Å². The minimum atomic E-state index is -3.45. The zero-order valence-corrected chi connectivity index (χ0v) is 24.4. The maximum absolute atomic E-state index is 13.4. The molecule has 0 saturated carbocycles. The molecule has 2 amide bonds. The van der Waals surface area contributed by atoms with Gasteiger partial charge in [0.15, 0.2) is 0 Å². The van der Waals surface area contributed by atoms with E-state index in [1.165, 1.54) is 11.4 Å². The van der Waals surface area contributed by atoms with Crippen LogP contribution in [0.4, 0.5) is 5.69 Å². The number of hydrogen-bond donors (Lipinski definition) is 2. The molecule has 0 fully saturated rings. The Kier molecular flexibility index (Phi) is 8.86. The minimum absolute atomic E-state index is 0.00800. The second-order valence-corrected chi connectivity index (χ2v) is 12.9. The molecule has 0 radical (unpaired) electrons. The van der Waals surface area contributed by atoms with Gasteiger partial charge in [0.25, 0.3) is 0 Å². The number of carbonyl (C=O) groups is 2. The fourth-order valence-electron chi connectivity index (χ4n) is 5.06. The van der Waals surface area contributed by atoms with Crippen LogP contribution in [0.3, 0.4) is 0 Å². The number of hydrogen-bond acceptors (Lipinski definition) is 6. The van der Waals surface area contributed by atoms with E-state index in [1.807, 2.05) is 49.0 Å². The summed E-state index contributed by atoms with van der Waals surface area (Å²) in [5.74, 6) is -0.149. The van der Waals surface area contributed by atoms with Gasteiger partial charge >= 0.3 is 0 Å². The number of aliphatic hydroxyl groups is 1. The largest absolute Gasteiger partial charge is 0.488 e. The van der Waals surface area contributed by atoms with Crippen molar-refractivity contribution in [3.05, 3.63) is 59.8 Å². The van der Waals surface area contributed by atoms with Crippen LogP contribution >= 0.6 is 0 Å². The van der Waals surface area contributed by atoms with E-state index < -0.39 is 22.2 Å². The first-order valence-electron chi connectivity index (χ1n) is 13.3. The van der Waals surface area contributed by atoms with Crippen LogP contribution < -0.4 is 10.1 Å². The number of amides is 2. The smallest absolute Gasteiger partial charge is 0.228 e. The van der Waals surface area contributed by atoms with Crippen LogP contribution in [-0.4, -0.2) is 84.3 Å². The summed E-state index contributed by atoms with van der Waals surface area (Å²) in [4.78, 5) is 28.0. The van der Waals surface area contributed by atoms with E-state index >= 15 is 0 Å². The molecule has 4 rings (SSSR count). The van der Waals surface area contributed by atoms with Gasteiger partial charge in [-0.25, -0.2) is 12.7 Å². The molecule has 3 aromatic rings. The number of anilines is 1. The van der Waals surface area contributed by atoms with E-state index in [9.17, 15) is 23.1 Å². The van der Waals surface area contributed by atoms with Gasteiger partial charge in [-0.15, -0.1) is 0 Å². The van der Waals surface area contributed by atoms with Crippen molar-refractivity contribution in [2.75, 3.05) is 38.3 Å². The molecule has 40 heavy (non-hydrogen) atoms. The first-order chi connectivity index (χ1) is 18.9. The molecule has 1 aliphatic heterocycles. The average molecular weight is 571 g/mol. The molecule has 1 aliphatic rings. The third-order valence-corrected chi connectivity index (χ3v) is 8.82. The van der Waals surface area contributed by atoms with Gasteiger partial charge in [-0.05, 0) is 36.8 Å². The minimum Gasteiger partial charge on any atom is -0.488 e. The first-order valence-corrected chi connectivity index (χ1v) is 15.2. The van der Waals surface area contributed by atoms with Gasteiger partial charge in [0, 0.05) is 54.9 Å². The molecule has 0 saturated heterocycles. The molecule has 1 aromatic heterocycles. The third kappa shape index (κ3) is 6.65. The van der Waals surface area contributed by atoms with Crippen molar-refractivity contribution in [3.8, 4) is 5.75 Å². The van der Waals surface area contributed by atoms with Crippen LogP contribution in [0.1, 0.15) is 25.0 Å². The number of rotatable bonds is 8. The van der Waals surface area contributed by atoms with Crippen molar-refractivity contribution < 1.29 is 27.9 Å². The number of aryl methyl sites for hydroxylation is 1. The number of nitrogens with zero attached hydrogens (tertiary/aromatic N) is 3. The standard InChI is InChI=1S/C29H38N4O6S/c1-19-15-33(20(2)18-34)29(36)14-21-12-23(10-11-26(21)39-27(19)17-32(4)40(5,37)38)30-28(35)13-22-16-31(3)25-9-7-6-8-24(22)25/h6-12,16,19-20,27,34H,13-15,17-18H2,1-5H3,(H,30,35)/t19-,20+,27-/m1/s1. The number of benzene rings is 2. The summed E-state index contributed by atoms with van der Waals surface area (Å²) in [6.07, 6.45) is 2.73. The lowest BCUT2D eigenvalue weighted by atomic mass is 10.0. The average Bonchev–Trinajstić information content (AvgIpc) is 3.22. The Morgan fingerprint density at radius 2 is 1.98 bits per heavy atom. The van der Waals surface area contributed by atoms with Crippen LogP contribution in [0.25, 0.3) is 10.9 Å². The Balaban J connectivity index is 1.61. The first kappa shape index (κ1) is 29.6. The van der Waals surface area contributed by atoms with Gasteiger partial charge in [0.1, 0.15) is 11.9 Å². The Hall–Kier alpha value is -3.41. The molecule has 10 nitrogen and oxygen atoms in total. The Morgan fingerprint density at radius 1 is 1.25 bits per heavy atom. The van der Waals surface area contributed by atoms with Crippen molar-refractivity contribution in [2.45, 2.75) is 38.8 Å². The van der Waals surface area contributed by atoms with E-state index in [1.54, 1.807) is 30.0 Å². The van der Waals surface area contributed by atoms with Gasteiger partial charge in [-0.2, -0.15) is 0 Å². The number of likely N-dealkylation sites (N-methyl/N-ethyl adjacent to an activating group) is 1. The van der Waals surface area contributed by atoms with E-state index in [4.69, 9.17) is 4.74 Å². The Morgan fingerprint density at radius 3 is 2.67 bits per heavy atom. The number of aromatic nitrogens is 1. The van der Waals surface area contributed by atoms with Crippen LogP contribution in [0, 0.1) is 5.92 Å². The van der Waals surface area contributed by atoms with Crippen molar-refractivity contribution in [3.63, 3.8) is 0 Å². The lowest BCUT2D eigenvalue weighted by Gasteiger charge is -2.33. The van der Waals surface area contributed by atoms with Gasteiger partial charge in [-0.3, -0.25) is 9.59 Å². The highest BCUT2D eigenvalue weighted by Crippen LogP contribution is 2.30. The number of sulfonamides is 1. The highest BCUT2D eigenvalue weighted by molar-refractivity contribution is 7.88. The highest BCUT2D eigenvalue weighted by Gasteiger charge is 2.32. The maximum atomic E-state index is 13.4. The van der Waals surface area contributed by atoms with Crippen LogP contribution in [0.2, 0.25) is 0 Å². The quantitative estimate of drug-likeness (QED) is 0.429. The molecular weight excluding hydrogens is 532 g/mol. The molecule has 2 N–H and O–H groups in total. The number of fused-ring (bicyclic) bond motifs is 2.